The van der Waals surface area contributed by atoms with Crippen molar-refractivity contribution < 1.29 is 8.78 Å². The van der Waals surface area contributed by atoms with Crippen LogP contribution >= 0.6 is 0 Å². The Balaban J connectivity index is 2.40. The first-order valence-electron chi connectivity index (χ1n) is 8.35. The van der Waals surface area contributed by atoms with Gasteiger partial charge in [0.15, 0.2) is 0 Å². The summed E-state index contributed by atoms with van der Waals surface area (Å²) < 4.78 is 28.0. The van der Waals surface area contributed by atoms with Crippen molar-refractivity contribution in [1.82, 2.24) is 4.98 Å². The molecule has 1 atom stereocenters. The Morgan fingerprint density at radius 1 is 1.17 bits per heavy atom. The molecule has 1 heterocycles. The smallest absolute Gasteiger partial charge is 0.248 e. The van der Waals surface area contributed by atoms with Crippen LogP contribution in [0.1, 0.15) is 44.2 Å². The molecular weight excluding hydrogens is 304 g/mol. The number of hydrogen-bond donors (Lipinski definition) is 0. The summed E-state index contributed by atoms with van der Waals surface area (Å²) in [6.07, 6.45) is 0.849. The SMILES string of the molecule is C=C(C)CC(CCC)(c1ccc(-c2ccc(C)cn2)cc1)C(F)F. The maximum atomic E-state index is 14.0. The molecule has 3 heteroatoms. The lowest BCUT2D eigenvalue weighted by Gasteiger charge is -2.34. The zero-order valence-corrected chi connectivity index (χ0v) is 14.7. The molecule has 24 heavy (non-hydrogen) atoms. The summed E-state index contributed by atoms with van der Waals surface area (Å²) in [7, 11) is 0. The number of alkyl halides is 2. The van der Waals surface area contributed by atoms with E-state index in [2.05, 4.69) is 11.6 Å². The molecule has 0 radical (unpaired) electrons. The van der Waals surface area contributed by atoms with Crippen LogP contribution in [0.15, 0.2) is 54.7 Å². The standard InChI is InChI=1S/C21H25F2N/c1-5-12-21(20(22)23,13-15(2)3)18-9-7-17(8-10-18)19-11-6-16(4)14-24-19/h6-11,14,20H,2,5,12-13H2,1,3-4H3. The van der Waals surface area contributed by atoms with Gasteiger partial charge in [-0.15, -0.1) is 6.58 Å². The van der Waals surface area contributed by atoms with Gasteiger partial charge in [0.25, 0.3) is 0 Å². The van der Waals surface area contributed by atoms with Crippen LogP contribution in [0.5, 0.6) is 0 Å². The summed E-state index contributed by atoms with van der Waals surface area (Å²) in [6.45, 7) is 9.61. The first kappa shape index (κ1) is 18.3. The minimum absolute atomic E-state index is 0.306. The zero-order chi connectivity index (χ0) is 17.7. The molecule has 0 aliphatic rings. The van der Waals surface area contributed by atoms with Crippen LogP contribution in [0.4, 0.5) is 8.78 Å². The molecule has 0 aliphatic heterocycles. The summed E-state index contributed by atoms with van der Waals surface area (Å²) in [4.78, 5) is 4.40. The van der Waals surface area contributed by atoms with Crippen LogP contribution in [0.2, 0.25) is 0 Å². The summed E-state index contributed by atoms with van der Waals surface area (Å²) in [5.41, 5.74) is 3.20. The highest BCUT2D eigenvalue weighted by atomic mass is 19.3. The molecule has 0 fully saturated rings. The van der Waals surface area contributed by atoms with E-state index in [4.69, 9.17) is 0 Å². The predicted molar refractivity (Wildman–Crippen MR) is 96.4 cm³/mol. The van der Waals surface area contributed by atoms with E-state index in [0.717, 1.165) is 22.4 Å². The number of allylic oxidation sites excluding steroid dienone is 1. The van der Waals surface area contributed by atoms with Crippen molar-refractivity contribution in [2.45, 2.75) is 51.9 Å². The summed E-state index contributed by atoms with van der Waals surface area (Å²) in [5, 5.41) is 0. The topological polar surface area (TPSA) is 12.9 Å². The van der Waals surface area contributed by atoms with Crippen molar-refractivity contribution in [3.63, 3.8) is 0 Å². The Morgan fingerprint density at radius 3 is 2.29 bits per heavy atom. The van der Waals surface area contributed by atoms with E-state index in [9.17, 15) is 8.78 Å². The average Bonchev–Trinajstić information content (AvgIpc) is 2.54. The van der Waals surface area contributed by atoms with Gasteiger partial charge in [-0.3, -0.25) is 4.98 Å². The van der Waals surface area contributed by atoms with E-state index in [1.165, 1.54) is 0 Å². The van der Waals surface area contributed by atoms with Crippen molar-refractivity contribution in [2.24, 2.45) is 0 Å². The van der Waals surface area contributed by atoms with Gasteiger partial charge in [-0.2, -0.15) is 0 Å². The van der Waals surface area contributed by atoms with Crippen LogP contribution < -0.4 is 0 Å². The highest BCUT2D eigenvalue weighted by molar-refractivity contribution is 5.59. The molecule has 0 N–H and O–H groups in total. The van der Waals surface area contributed by atoms with Gasteiger partial charge in [-0.05, 0) is 43.9 Å². The second-order valence-electron chi connectivity index (χ2n) is 6.64. The Bertz CT molecular complexity index is 674. The van der Waals surface area contributed by atoms with Crippen LogP contribution in [-0.4, -0.2) is 11.4 Å². The van der Waals surface area contributed by atoms with Crippen molar-refractivity contribution in [3.8, 4) is 11.3 Å². The number of halogens is 2. The van der Waals surface area contributed by atoms with Gasteiger partial charge in [0, 0.05) is 11.8 Å². The Labute approximate surface area is 143 Å². The molecule has 0 spiro atoms. The first-order valence-corrected chi connectivity index (χ1v) is 8.35. The third-order valence-corrected chi connectivity index (χ3v) is 4.40. The Kier molecular flexibility index (Phi) is 5.87. The molecule has 1 unspecified atom stereocenters. The molecule has 0 saturated heterocycles. The van der Waals surface area contributed by atoms with E-state index in [0.29, 0.717) is 24.8 Å². The third-order valence-electron chi connectivity index (χ3n) is 4.40. The van der Waals surface area contributed by atoms with E-state index in [1.807, 2.05) is 63.4 Å². The number of benzene rings is 1. The van der Waals surface area contributed by atoms with Gasteiger partial charge in [-0.25, -0.2) is 8.78 Å². The predicted octanol–water partition coefficient (Wildman–Crippen LogP) is 6.33. The average molecular weight is 329 g/mol. The highest BCUT2D eigenvalue weighted by Gasteiger charge is 2.40. The number of rotatable bonds is 7. The van der Waals surface area contributed by atoms with E-state index in [-0.39, 0.29) is 0 Å². The molecule has 1 aromatic heterocycles. The summed E-state index contributed by atoms with van der Waals surface area (Å²) in [5.74, 6) is 0. The van der Waals surface area contributed by atoms with Gasteiger partial charge < -0.3 is 0 Å². The third kappa shape index (κ3) is 3.89. The fraction of sp³-hybridized carbons (Fsp3) is 0.381. The monoisotopic (exact) mass is 329 g/mol. The van der Waals surface area contributed by atoms with Gasteiger partial charge in [0.2, 0.25) is 6.43 Å². The molecule has 0 bridgehead atoms. The number of pyridine rings is 1. The summed E-state index contributed by atoms with van der Waals surface area (Å²) >= 11 is 0. The number of hydrogen-bond acceptors (Lipinski definition) is 1. The fourth-order valence-corrected chi connectivity index (χ4v) is 3.24. The maximum absolute atomic E-state index is 14.0. The molecular formula is C21H25F2N. The molecule has 1 nitrogen and oxygen atoms in total. The van der Waals surface area contributed by atoms with Gasteiger partial charge in [-0.1, -0.05) is 49.2 Å². The normalized spacial score (nSPS) is 13.8. The minimum atomic E-state index is -2.42. The lowest BCUT2D eigenvalue weighted by molar-refractivity contribution is 0.0424. The van der Waals surface area contributed by atoms with E-state index in [1.54, 1.807) is 0 Å². The molecule has 0 amide bonds. The molecule has 128 valence electrons. The second kappa shape index (κ2) is 7.69. The van der Waals surface area contributed by atoms with Crippen molar-refractivity contribution in [3.05, 3.63) is 65.9 Å². The van der Waals surface area contributed by atoms with Gasteiger partial charge in [0.05, 0.1) is 11.1 Å². The number of aryl methyl sites for hydroxylation is 1. The minimum Gasteiger partial charge on any atom is -0.256 e. The van der Waals surface area contributed by atoms with Gasteiger partial charge in [0.1, 0.15) is 0 Å². The lowest BCUT2D eigenvalue weighted by atomic mass is 9.72. The first-order chi connectivity index (χ1) is 11.4. The van der Waals surface area contributed by atoms with Gasteiger partial charge >= 0.3 is 0 Å². The molecule has 1 aromatic carbocycles. The maximum Gasteiger partial charge on any atom is 0.248 e. The fourth-order valence-electron chi connectivity index (χ4n) is 3.24. The Morgan fingerprint density at radius 2 is 1.83 bits per heavy atom. The van der Waals surface area contributed by atoms with Crippen LogP contribution in [-0.2, 0) is 5.41 Å². The molecule has 2 aromatic rings. The summed E-state index contributed by atoms with van der Waals surface area (Å²) in [6, 6.07) is 11.4. The van der Waals surface area contributed by atoms with Crippen molar-refractivity contribution in [1.29, 1.82) is 0 Å². The van der Waals surface area contributed by atoms with E-state index < -0.39 is 11.8 Å². The second-order valence-corrected chi connectivity index (χ2v) is 6.64. The zero-order valence-electron chi connectivity index (χ0n) is 14.7. The van der Waals surface area contributed by atoms with Crippen LogP contribution in [0, 0.1) is 6.92 Å². The van der Waals surface area contributed by atoms with Crippen LogP contribution in [0.25, 0.3) is 11.3 Å². The van der Waals surface area contributed by atoms with Crippen molar-refractivity contribution >= 4 is 0 Å². The molecule has 0 saturated carbocycles. The van der Waals surface area contributed by atoms with E-state index >= 15 is 0 Å². The highest BCUT2D eigenvalue weighted by Crippen LogP contribution is 2.41. The largest absolute Gasteiger partial charge is 0.256 e. The van der Waals surface area contributed by atoms with Crippen molar-refractivity contribution in [2.75, 3.05) is 0 Å². The molecule has 2 rings (SSSR count). The number of nitrogens with zero attached hydrogens (tertiary/aromatic N) is 1. The number of aromatic nitrogens is 1. The van der Waals surface area contributed by atoms with Crippen LogP contribution in [0.3, 0.4) is 0 Å². The Hall–Kier alpha value is -2.03. The lowest BCUT2D eigenvalue weighted by Crippen LogP contribution is -2.34. The molecule has 0 aliphatic carbocycles. The quantitative estimate of drug-likeness (QED) is 0.541.